The number of benzene rings is 2. The highest BCUT2D eigenvalue weighted by atomic mass is 16.5. The van der Waals surface area contributed by atoms with Gasteiger partial charge in [0.1, 0.15) is 5.75 Å². The van der Waals surface area contributed by atoms with E-state index < -0.39 is 0 Å². The topological polar surface area (TPSA) is 78.1 Å². The van der Waals surface area contributed by atoms with Crippen LogP contribution < -0.4 is 29.6 Å². The van der Waals surface area contributed by atoms with E-state index >= 15 is 0 Å². The lowest BCUT2D eigenvalue weighted by molar-refractivity contribution is 0.252. The Labute approximate surface area is 153 Å². The molecule has 0 saturated carbocycles. The van der Waals surface area contributed by atoms with Gasteiger partial charge in [0.15, 0.2) is 11.5 Å². The summed E-state index contributed by atoms with van der Waals surface area (Å²) >= 11 is 0. The third kappa shape index (κ3) is 4.95. The van der Waals surface area contributed by atoms with Gasteiger partial charge >= 0.3 is 6.03 Å². The van der Waals surface area contributed by atoms with Crippen molar-refractivity contribution in [3.63, 3.8) is 0 Å². The van der Waals surface area contributed by atoms with Crippen LogP contribution in [-0.2, 0) is 6.42 Å². The molecule has 140 valence electrons. The fraction of sp³-hybridized carbons (Fsp3) is 0.316. The van der Waals surface area contributed by atoms with Gasteiger partial charge in [-0.2, -0.15) is 0 Å². The Kier molecular flexibility index (Phi) is 6.96. The Balaban J connectivity index is 1.93. The molecule has 0 aliphatic heterocycles. The van der Waals surface area contributed by atoms with Crippen LogP contribution in [0.4, 0.5) is 10.5 Å². The van der Waals surface area contributed by atoms with E-state index in [0.29, 0.717) is 41.7 Å². The van der Waals surface area contributed by atoms with Gasteiger partial charge in [-0.15, -0.1) is 0 Å². The number of anilines is 1. The van der Waals surface area contributed by atoms with Crippen molar-refractivity contribution in [2.45, 2.75) is 6.42 Å². The highest BCUT2D eigenvalue weighted by molar-refractivity contribution is 5.89. The van der Waals surface area contributed by atoms with Crippen LogP contribution in [0.15, 0.2) is 36.4 Å². The van der Waals surface area contributed by atoms with Crippen molar-refractivity contribution in [1.82, 2.24) is 5.32 Å². The Morgan fingerprint density at radius 1 is 0.923 bits per heavy atom. The van der Waals surface area contributed by atoms with Crippen LogP contribution in [0.2, 0.25) is 0 Å². The number of rotatable bonds is 8. The number of urea groups is 1. The van der Waals surface area contributed by atoms with Gasteiger partial charge in [0.2, 0.25) is 5.75 Å². The molecule has 0 heterocycles. The molecule has 0 radical (unpaired) electrons. The second-order valence-electron chi connectivity index (χ2n) is 5.40. The lowest BCUT2D eigenvalue weighted by Crippen LogP contribution is -2.30. The number of hydrogen-bond acceptors (Lipinski definition) is 5. The molecule has 2 rings (SSSR count). The number of ether oxygens (including phenoxy) is 4. The molecule has 7 nitrogen and oxygen atoms in total. The zero-order valence-electron chi connectivity index (χ0n) is 15.4. The van der Waals surface area contributed by atoms with Gasteiger partial charge in [-0.3, -0.25) is 0 Å². The zero-order chi connectivity index (χ0) is 18.9. The normalized spacial score (nSPS) is 10.0. The third-order valence-electron chi connectivity index (χ3n) is 3.75. The number of amides is 2. The highest BCUT2D eigenvalue weighted by Crippen LogP contribution is 2.38. The van der Waals surface area contributed by atoms with Crippen molar-refractivity contribution in [3.8, 4) is 23.0 Å². The summed E-state index contributed by atoms with van der Waals surface area (Å²) in [5.74, 6) is 2.40. The number of carbonyl (C=O) groups excluding carboxylic acids is 1. The lowest BCUT2D eigenvalue weighted by Gasteiger charge is -2.14. The van der Waals surface area contributed by atoms with E-state index in [-0.39, 0.29) is 6.03 Å². The van der Waals surface area contributed by atoms with Crippen molar-refractivity contribution in [2.24, 2.45) is 0 Å². The standard InChI is InChI=1S/C19H24N2O5/c1-23-15-7-5-6-14(12-15)21-19(22)20-9-8-13-10-16(24-2)18(26-4)17(11-13)25-3/h5-7,10-12H,8-9H2,1-4H3,(H2,20,21,22). The number of hydrogen-bond donors (Lipinski definition) is 2. The maximum Gasteiger partial charge on any atom is 0.319 e. The van der Waals surface area contributed by atoms with Gasteiger partial charge in [-0.1, -0.05) is 6.07 Å². The number of carbonyl (C=O) groups is 1. The lowest BCUT2D eigenvalue weighted by atomic mass is 10.1. The summed E-state index contributed by atoms with van der Waals surface area (Å²) in [6.07, 6.45) is 0.613. The quantitative estimate of drug-likeness (QED) is 0.756. The third-order valence-corrected chi connectivity index (χ3v) is 3.75. The first-order valence-corrected chi connectivity index (χ1v) is 8.09. The minimum Gasteiger partial charge on any atom is -0.497 e. The van der Waals surface area contributed by atoms with E-state index in [2.05, 4.69) is 10.6 Å². The minimum absolute atomic E-state index is 0.286. The predicted molar refractivity (Wildman–Crippen MR) is 99.8 cm³/mol. The fourth-order valence-electron chi connectivity index (χ4n) is 2.48. The average Bonchev–Trinajstić information content (AvgIpc) is 2.67. The summed E-state index contributed by atoms with van der Waals surface area (Å²) in [5.41, 5.74) is 1.62. The minimum atomic E-state index is -0.286. The zero-order valence-corrected chi connectivity index (χ0v) is 15.4. The monoisotopic (exact) mass is 360 g/mol. The number of methoxy groups -OCH3 is 4. The van der Waals surface area contributed by atoms with Crippen molar-refractivity contribution in [1.29, 1.82) is 0 Å². The second-order valence-corrected chi connectivity index (χ2v) is 5.40. The van der Waals surface area contributed by atoms with E-state index in [1.807, 2.05) is 24.3 Å². The molecule has 0 unspecified atom stereocenters. The summed E-state index contributed by atoms with van der Waals surface area (Å²) in [7, 11) is 6.28. The SMILES string of the molecule is COc1cccc(NC(=O)NCCc2cc(OC)c(OC)c(OC)c2)c1. The van der Waals surface area contributed by atoms with Gasteiger partial charge in [0, 0.05) is 18.3 Å². The molecule has 2 amide bonds. The largest absolute Gasteiger partial charge is 0.497 e. The molecule has 7 heteroatoms. The van der Waals surface area contributed by atoms with Gasteiger partial charge in [0.05, 0.1) is 28.4 Å². The summed E-state index contributed by atoms with van der Waals surface area (Å²) in [4.78, 5) is 12.0. The first-order chi connectivity index (χ1) is 12.6. The fourth-order valence-corrected chi connectivity index (χ4v) is 2.48. The van der Waals surface area contributed by atoms with Crippen LogP contribution in [0.5, 0.6) is 23.0 Å². The van der Waals surface area contributed by atoms with Crippen LogP contribution in [-0.4, -0.2) is 41.0 Å². The molecule has 2 aromatic rings. The Morgan fingerprint density at radius 3 is 2.19 bits per heavy atom. The Hall–Kier alpha value is -3.09. The predicted octanol–water partition coefficient (Wildman–Crippen LogP) is 3.09. The number of nitrogens with one attached hydrogen (secondary N) is 2. The van der Waals surface area contributed by atoms with Crippen LogP contribution >= 0.6 is 0 Å². The smallest absolute Gasteiger partial charge is 0.319 e. The molecule has 0 atom stereocenters. The van der Waals surface area contributed by atoms with Crippen molar-refractivity contribution in [2.75, 3.05) is 40.3 Å². The Bertz CT molecular complexity index is 723. The van der Waals surface area contributed by atoms with Crippen LogP contribution in [0, 0.1) is 0 Å². The average molecular weight is 360 g/mol. The summed E-state index contributed by atoms with van der Waals surface area (Å²) in [6.45, 7) is 0.453. The highest BCUT2D eigenvalue weighted by Gasteiger charge is 2.13. The van der Waals surface area contributed by atoms with Crippen molar-refractivity contribution < 1.29 is 23.7 Å². The van der Waals surface area contributed by atoms with E-state index in [1.165, 1.54) is 0 Å². The van der Waals surface area contributed by atoms with Crippen molar-refractivity contribution in [3.05, 3.63) is 42.0 Å². The summed E-state index contributed by atoms with van der Waals surface area (Å²) < 4.78 is 21.1. The van der Waals surface area contributed by atoms with Crippen LogP contribution in [0.1, 0.15) is 5.56 Å². The van der Waals surface area contributed by atoms with E-state index in [9.17, 15) is 4.79 Å². The molecule has 2 aromatic carbocycles. The molecule has 0 aliphatic carbocycles. The van der Waals surface area contributed by atoms with Crippen LogP contribution in [0.3, 0.4) is 0 Å². The van der Waals surface area contributed by atoms with Gasteiger partial charge in [0.25, 0.3) is 0 Å². The second kappa shape index (κ2) is 9.41. The molecule has 0 bridgehead atoms. The Morgan fingerprint density at radius 2 is 1.62 bits per heavy atom. The molecule has 2 N–H and O–H groups in total. The maximum atomic E-state index is 12.0. The molecule has 0 saturated heterocycles. The molecule has 0 aliphatic rings. The molecule has 26 heavy (non-hydrogen) atoms. The van der Waals surface area contributed by atoms with E-state index in [0.717, 1.165) is 5.56 Å². The van der Waals surface area contributed by atoms with Gasteiger partial charge < -0.3 is 29.6 Å². The van der Waals surface area contributed by atoms with Crippen molar-refractivity contribution >= 4 is 11.7 Å². The first kappa shape index (κ1) is 19.2. The summed E-state index contributed by atoms with van der Waals surface area (Å²) in [6, 6.07) is 10.6. The molecular weight excluding hydrogens is 336 g/mol. The molecule has 0 spiro atoms. The maximum absolute atomic E-state index is 12.0. The van der Waals surface area contributed by atoms with Gasteiger partial charge in [-0.05, 0) is 36.2 Å². The molecule has 0 aromatic heterocycles. The van der Waals surface area contributed by atoms with Gasteiger partial charge in [-0.25, -0.2) is 4.79 Å². The van der Waals surface area contributed by atoms with Crippen LogP contribution in [0.25, 0.3) is 0 Å². The van der Waals surface area contributed by atoms with E-state index in [1.54, 1.807) is 40.6 Å². The molecular formula is C19H24N2O5. The summed E-state index contributed by atoms with van der Waals surface area (Å²) in [5, 5.41) is 5.58. The first-order valence-electron chi connectivity index (χ1n) is 8.09. The molecule has 0 fully saturated rings. The van der Waals surface area contributed by atoms with E-state index in [4.69, 9.17) is 18.9 Å².